The first-order chi connectivity index (χ1) is 9.47. The Kier molecular flexibility index (Phi) is 3.65. The number of oxazole rings is 1. The molecule has 0 spiro atoms. The summed E-state index contributed by atoms with van der Waals surface area (Å²) in [4.78, 5) is 15.4. The molecular formula is C14H15NO5. The van der Waals surface area contributed by atoms with Crippen LogP contribution in [-0.2, 0) is 0 Å². The van der Waals surface area contributed by atoms with Crippen LogP contribution in [-0.4, -0.2) is 30.3 Å². The number of carboxylic acids is 1. The lowest BCUT2D eigenvalue weighted by atomic mass is 10.1. The van der Waals surface area contributed by atoms with Gasteiger partial charge in [-0.3, -0.25) is 0 Å². The quantitative estimate of drug-likeness (QED) is 0.925. The van der Waals surface area contributed by atoms with Crippen LogP contribution in [0, 0.1) is 13.8 Å². The second-order valence-corrected chi connectivity index (χ2v) is 4.24. The van der Waals surface area contributed by atoms with Crippen LogP contribution >= 0.6 is 0 Å². The van der Waals surface area contributed by atoms with Crippen LogP contribution in [0.1, 0.15) is 22.0 Å². The van der Waals surface area contributed by atoms with Crippen molar-refractivity contribution in [2.45, 2.75) is 13.8 Å². The van der Waals surface area contributed by atoms with E-state index in [1.54, 1.807) is 26.2 Å². The highest BCUT2D eigenvalue weighted by Gasteiger charge is 2.23. The average Bonchev–Trinajstić information content (AvgIpc) is 2.80. The predicted octanol–water partition coefficient (Wildman–Crippen LogP) is 2.67. The Bertz CT molecular complexity index is 660. The first kappa shape index (κ1) is 13.9. The van der Waals surface area contributed by atoms with E-state index in [0.29, 0.717) is 17.1 Å². The summed E-state index contributed by atoms with van der Waals surface area (Å²) < 4.78 is 15.7. The lowest BCUT2D eigenvalue weighted by molar-refractivity contribution is 0.0662. The summed E-state index contributed by atoms with van der Waals surface area (Å²) >= 11 is 0. The number of aromatic nitrogens is 1. The van der Waals surface area contributed by atoms with Gasteiger partial charge in [-0.25, -0.2) is 9.78 Å². The molecule has 6 nitrogen and oxygen atoms in total. The molecule has 0 atom stereocenters. The molecule has 0 saturated heterocycles. The van der Waals surface area contributed by atoms with Crippen LogP contribution in [0.15, 0.2) is 16.5 Å². The Morgan fingerprint density at radius 2 is 1.85 bits per heavy atom. The van der Waals surface area contributed by atoms with Crippen molar-refractivity contribution in [2.24, 2.45) is 0 Å². The van der Waals surface area contributed by atoms with E-state index in [1.165, 1.54) is 7.11 Å². The molecule has 0 radical (unpaired) electrons. The molecule has 6 heteroatoms. The summed E-state index contributed by atoms with van der Waals surface area (Å²) in [7, 11) is 3.06. The zero-order valence-corrected chi connectivity index (χ0v) is 11.7. The third kappa shape index (κ3) is 2.32. The molecule has 1 N–H and O–H groups in total. The summed E-state index contributed by atoms with van der Waals surface area (Å²) in [6.07, 6.45) is 0. The highest BCUT2D eigenvalue weighted by Crippen LogP contribution is 2.37. The fraction of sp³-hybridized carbons (Fsp3) is 0.286. The van der Waals surface area contributed by atoms with E-state index in [2.05, 4.69) is 4.98 Å². The van der Waals surface area contributed by atoms with E-state index >= 15 is 0 Å². The normalized spacial score (nSPS) is 10.4. The number of nitrogens with zero attached hydrogens (tertiary/aromatic N) is 1. The molecule has 0 aliphatic carbocycles. The minimum atomic E-state index is -1.18. The maximum Gasteiger partial charge on any atom is 0.374 e. The number of carbonyl (C=O) groups is 1. The molecule has 20 heavy (non-hydrogen) atoms. The Labute approximate surface area is 116 Å². The summed E-state index contributed by atoms with van der Waals surface area (Å²) in [5.74, 6) is 0.0183. The number of carboxylic acid groups (broad SMARTS) is 1. The molecule has 2 rings (SSSR count). The van der Waals surface area contributed by atoms with Gasteiger partial charge in [0.05, 0.1) is 19.8 Å². The Hall–Kier alpha value is -2.50. The third-order valence-electron chi connectivity index (χ3n) is 2.90. The molecule has 0 saturated carbocycles. The molecule has 1 aromatic heterocycles. The summed E-state index contributed by atoms with van der Waals surface area (Å²) in [6, 6.07) is 3.46. The average molecular weight is 277 g/mol. The second kappa shape index (κ2) is 5.24. The number of aryl methyl sites for hydroxylation is 2. The van der Waals surface area contributed by atoms with E-state index < -0.39 is 5.97 Å². The lowest BCUT2D eigenvalue weighted by Crippen LogP contribution is -1.99. The van der Waals surface area contributed by atoms with E-state index in [-0.39, 0.29) is 17.3 Å². The minimum Gasteiger partial charge on any atom is -0.496 e. The van der Waals surface area contributed by atoms with Gasteiger partial charge in [0, 0.05) is 6.92 Å². The van der Waals surface area contributed by atoms with Crippen molar-refractivity contribution in [3.8, 4) is 22.8 Å². The number of methoxy groups -OCH3 is 2. The molecule has 0 bridgehead atoms. The maximum atomic E-state index is 11.2. The molecule has 1 heterocycles. The predicted molar refractivity (Wildman–Crippen MR) is 71.5 cm³/mol. The van der Waals surface area contributed by atoms with E-state index in [4.69, 9.17) is 13.9 Å². The molecule has 1 aromatic carbocycles. The first-order valence-corrected chi connectivity index (χ1v) is 5.91. The number of hydrogen-bond donors (Lipinski definition) is 1. The largest absolute Gasteiger partial charge is 0.496 e. The van der Waals surface area contributed by atoms with Crippen LogP contribution in [0.25, 0.3) is 11.3 Å². The smallest absolute Gasteiger partial charge is 0.374 e. The highest BCUT2D eigenvalue weighted by molar-refractivity contribution is 5.93. The van der Waals surface area contributed by atoms with E-state index in [9.17, 15) is 9.90 Å². The van der Waals surface area contributed by atoms with Crippen molar-refractivity contribution in [3.05, 3.63) is 29.3 Å². The molecule has 106 valence electrons. The van der Waals surface area contributed by atoms with Crippen molar-refractivity contribution in [1.29, 1.82) is 0 Å². The Balaban J connectivity index is 2.71. The molecule has 0 aliphatic heterocycles. The topological polar surface area (TPSA) is 81.8 Å². The Morgan fingerprint density at radius 3 is 2.40 bits per heavy atom. The van der Waals surface area contributed by atoms with E-state index in [1.807, 2.05) is 6.92 Å². The van der Waals surface area contributed by atoms with Crippen LogP contribution in [0.3, 0.4) is 0 Å². The molecule has 0 aliphatic rings. The highest BCUT2D eigenvalue weighted by atomic mass is 16.5. The fourth-order valence-electron chi connectivity index (χ4n) is 1.99. The standard InChI is InChI=1S/C14H15NO5/c1-7-5-11(19-4)9(6-10(7)18-3)12-13(14(16)17)20-8(2)15-12/h5-6H,1-4H3,(H,16,17). The van der Waals surface area contributed by atoms with Crippen LogP contribution in [0.2, 0.25) is 0 Å². The number of aromatic carboxylic acids is 1. The zero-order valence-electron chi connectivity index (χ0n) is 11.7. The number of ether oxygens (including phenoxy) is 2. The number of rotatable bonds is 4. The van der Waals surface area contributed by atoms with Crippen molar-refractivity contribution in [3.63, 3.8) is 0 Å². The van der Waals surface area contributed by atoms with Crippen molar-refractivity contribution < 1.29 is 23.8 Å². The van der Waals surface area contributed by atoms with Gasteiger partial charge < -0.3 is 19.0 Å². The minimum absolute atomic E-state index is 0.216. The van der Waals surface area contributed by atoms with Crippen molar-refractivity contribution in [1.82, 2.24) is 4.98 Å². The van der Waals surface area contributed by atoms with Gasteiger partial charge in [-0.2, -0.15) is 0 Å². The van der Waals surface area contributed by atoms with Crippen LogP contribution < -0.4 is 9.47 Å². The summed E-state index contributed by atoms with van der Waals surface area (Å²) in [5.41, 5.74) is 1.62. The number of benzene rings is 1. The molecule has 0 amide bonds. The number of hydrogen-bond acceptors (Lipinski definition) is 5. The maximum absolute atomic E-state index is 11.2. The lowest BCUT2D eigenvalue weighted by Gasteiger charge is -2.11. The molecule has 2 aromatic rings. The monoisotopic (exact) mass is 277 g/mol. The zero-order chi connectivity index (χ0) is 14.9. The van der Waals surface area contributed by atoms with E-state index in [0.717, 1.165) is 5.56 Å². The first-order valence-electron chi connectivity index (χ1n) is 5.91. The van der Waals surface area contributed by atoms with Gasteiger partial charge in [0.25, 0.3) is 0 Å². The van der Waals surface area contributed by atoms with Crippen molar-refractivity contribution >= 4 is 5.97 Å². The molecule has 0 unspecified atom stereocenters. The van der Waals surface area contributed by atoms with Gasteiger partial charge in [0.15, 0.2) is 5.89 Å². The second-order valence-electron chi connectivity index (χ2n) is 4.24. The van der Waals surface area contributed by atoms with Crippen LogP contribution in [0.5, 0.6) is 11.5 Å². The SMILES string of the molecule is COc1cc(-c2nc(C)oc2C(=O)O)c(OC)cc1C. The van der Waals surface area contributed by atoms with Gasteiger partial charge in [-0.15, -0.1) is 0 Å². The fourth-order valence-corrected chi connectivity index (χ4v) is 1.99. The molecular weight excluding hydrogens is 262 g/mol. The summed E-state index contributed by atoms with van der Waals surface area (Å²) in [5, 5.41) is 9.18. The van der Waals surface area contributed by atoms with Gasteiger partial charge in [0.1, 0.15) is 17.2 Å². The molecule has 0 fully saturated rings. The van der Waals surface area contributed by atoms with Crippen LogP contribution in [0.4, 0.5) is 0 Å². The van der Waals surface area contributed by atoms with Gasteiger partial charge in [-0.1, -0.05) is 0 Å². The third-order valence-corrected chi connectivity index (χ3v) is 2.90. The van der Waals surface area contributed by atoms with Gasteiger partial charge >= 0.3 is 5.97 Å². The van der Waals surface area contributed by atoms with Crippen molar-refractivity contribution in [2.75, 3.05) is 14.2 Å². The Morgan fingerprint density at radius 1 is 1.20 bits per heavy atom. The summed E-state index contributed by atoms with van der Waals surface area (Å²) in [6.45, 7) is 3.46. The van der Waals surface area contributed by atoms with Gasteiger partial charge in [-0.05, 0) is 24.6 Å². The van der Waals surface area contributed by atoms with Gasteiger partial charge in [0.2, 0.25) is 5.76 Å².